The van der Waals surface area contributed by atoms with Gasteiger partial charge in [-0.25, -0.2) is 14.3 Å². The molecule has 7 nitrogen and oxygen atoms in total. The summed E-state index contributed by atoms with van der Waals surface area (Å²) in [4.78, 5) is 25.3. The Kier molecular flexibility index (Phi) is 6.99. The molecule has 0 unspecified atom stereocenters. The molecule has 0 saturated heterocycles. The summed E-state index contributed by atoms with van der Waals surface area (Å²) < 4.78 is 16.6. The molecule has 9 heteroatoms. The smallest absolute Gasteiger partial charge is 0.357 e. The molecular formula is C22H18Cl2N2O5. The predicted octanol–water partition coefficient (Wildman–Crippen LogP) is 4.98. The topological polar surface area (TPSA) is 79.7 Å². The van der Waals surface area contributed by atoms with E-state index in [0.29, 0.717) is 11.3 Å². The fraction of sp³-hybridized carbons (Fsp3) is 0.136. The van der Waals surface area contributed by atoms with Crippen LogP contribution >= 0.6 is 23.2 Å². The van der Waals surface area contributed by atoms with Gasteiger partial charge in [0, 0.05) is 5.56 Å². The summed E-state index contributed by atoms with van der Waals surface area (Å²) in [5, 5.41) is 4.91. The summed E-state index contributed by atoms with van der Waals surface area (Å²) in [6.45, 7) is 3.80. The zero-order valence-corrected chi connectivity index (χ0v) is 18.2. The van der Waals surface area contributed by atoms with Crippen LogP contribution in [-0.4, -0.2) is 42.5 Å². The molecule has 31 heavy (non-hydrogen) atoms. The molecule has 0 aliphatic rings. The Bertz CT molecular complexity index is 1120. The van der Waals surface area contributed by atoms with E-state index >= 15 is 0 Å². The molecule has 0 saturated carbocycles. The fourth-order valence-corrected chi connectivity index (χ4v) is 3.53. The number of ether oxygens (including phenoxy) is 3. The number of aromatic nitrogens is 2. The van der Waals surface area contributed by atoms with E-state index in [9.17, 15) is 9.59 Å². The first-order valence-corrected chi connectivity index (χ1v) is 9.76. The first-order chi connectivity index (χ1) is 14.9. The number of carbonyl (C=O) groups is 2. The van der Waals surface area contributed by atoms with Crippen molar-refractivity contribution < 1.29 is 23.8 Å². The number of para-hydroxylation sites is 1. The molecule has 0 bridgehead atoms. The standard InChI is InChI=1S/C22H18Cl2N2O5/c1-4-10-31-20-15(23)11-13(12-16(20)24)18-17(21(27)29-2)19(22(28)30-3)26(25-18)14-8-6-5-7-9-14/h4-9,11-12H,1,10H2,2-3H3. The minimum atomic E-state index is -0.767. The normalized spacial score (nSPS) is 10.5. The Morgan fingerprint density at radius 1 is 1.06 bits per heavy atom. The molecule has 0 radical (unpaired) electrons. The molecule has 1 heterocycles. The van der Waals surface area contributed by atoms with Gasteiger partial charge in [0.2, 0.25) is 0 Å². The van der Waals surface area contributed by atoms with E-state index in [1.807, 2.05) is 6.07 Å². The van der Waals surface area contributed by atoms with Crippen LogP contribution in [0.3, 0.4) is 0 Å². The number of benzene rings is 2. The molecule has 0 atom stereocenters. The molecule has 3 aromatic rings. The summed E-state index contributed by atoms with van der Waals surface area (Å²) in [6.07, 6.45) is 1.56. The Hall–Kier alpha value is -3.29. The summed E-state index contributed by atoms with van der Waals surface area (Å²) in [7, 11) is 2.42. The minimum absolute atomic E-state index is 0.0786. The van der Waals surface area contributed by atoms with Crippen molar-refractivity contribution in [2.24, 2.45) is 0 Å². The van der Waals surface area contributed by atoms with E-state index in [4.69, 9.17) is 37.4 Å². The van der Waals surface area contributed by atoms with Crippen LogP contribution in [0.1, 0.15) is 20.8 Å². The average molecular weight is 461 g/mol. The van der Waals surface area contributed by atoms with E-state index < -0.39 is 11.9 Å². The van der Waals surface area contributed by atoms with Crippen LogP contribution in [0.25, 0.3) is 16.9 Å². The zero-order chi connectivity index (χ0) is 22.5. The minimum Gasteiger partial charge on any atom is -0.486 e. The second kappa shape index (κ2) is 9.68. The van der Waals surface area contributed by atoms with Crippen molar-refractivity contribution in [1.29, 1.82) is 0 Å². The van der Waals surface area contributed by atoms with Crippen LogP contribution in [0.5, 0.6) is 5.75 Å². The maximum absolute atomic E-state index is 12.7. The summed E-state index contributed by atoms with van der Waals surface area (Å²) in [5.74, 6) is -1.26. The lowest BCUT2D eigenvalue weighted by Gasteiger charge is -2.10. The molecule has 0 aliphatic heterocycles. The lowest BCUT2D eigenvalue weighted by Crippen LogP contribution is -2.15. The fourth-order valence-electron chi connectivity index (χ4n) is 2.93. The van der Waals surface area contributed by atoms with Crippen LogP contribution in [0.15, 0.2) is 55.1 Å². The van der Waals surface area contributed by atoms with Crippen molar-refractivity contribution in [2.45, 2.75) is 0 Å². The second-order valence-corrected chi connectivity index (χ2v) is 6.99. The zero-order valence-electron chi connectivity index (χ0n) is 16.7. The van der Waals surface area contributed by atoms with Crippen LogP contribution in [0, 0.1) is 0 Å². The molecule has 0 spiro atoms. The molecule has 0 N–H and O–H groups in total. The summed E-state index contributed by atoms with van der Waals surface area (Å²) >= 11 is 12.7. The van der Waals surface area contributed by atoms with Crippen LogP contribution < -0.4 is 4.74 Å². The highest BCUT2D eigenvalue weighted by molar-refractivity contribution is 6.37. The molecule has 2 aromatic carbocycles. The number of methoxy groups -OCH3 is 2. The van der Waals surface area contributed by atoms with Crippen LogP contribution in [0.4, 0.5) is 0 Å². The molecule has 3 rings (SSSR count). The van der Waals surface area contributed by atoms with Gasteiger partial charge in [-0.2, -0.15) is 5.10 Å². The number of rotatable bonds is 7. The number of halogens is 2. The SMILES string of the molecule is C=CCOc1c(Cl)cc(-c2nn(-c3ccccc3)c(C(=O)OC)c2C(=O)OC)cc1Cl. The predicted molar refractivity (Wildman–Crippen MR) is 117 cm³/mol. The third-order valence-corrected chi connectivity index (χ3v) is 4.83. The van der Waals surface area contributed by atoms with Crippen LogP contribution in [0.2, 0.25) is 10.0 Å². The molecule has 0 fully saturated rings. The lowest BCUT2D eigenvalue weighted by atomic mass is 10.1. The summed E-state index contributed by atoms with van der Waals surface area (Å²) in [6, 6.07) is 11.9. The van der Waals surface area contributed by atoms with Gasteiger partial charge in [-0.05, 0) is 24.3 Å². The van der Waals surface area contributed by atoms with Crippen molar-refractivity contribution >= 4 is 35.1 Å². The van der Waals surface area contributed by atoms with E-state index in [1.165, 1.54) is 31.0 Å². The van der Waals surface area contributed by atoms with Crippen molar-refractivity contribution in [2.75, 3.05) is 20.8 Å². The van der Waals surface area contributed by atoms with E-state index in [0.717, 1.165) is 0 Å². The van der Waals surface area contributed by atoms with Gasteiger partial charge in [-0.1, -0.05) is 54.1 Å². The van der Waals surface area contributed by atoms with Gasteiger partial charge in [0.05, 0.1) is 30.0 Å². The Morgan fingerprint density at radius 3 is 2.23 bits per heavy atom. The Morgan fingerprint density at radius 2 is 1.68 bits per heavy atom. The lowest BCUT2D eigenvalue weighted by molar-refractivity contribution is 0.0549. The van der Waals surface area contributed by atoms with Gasteiger partial charge in [0.1, 0.15) is 17.9 Å². The van der Waals surface area contributed by atoms with Gasteiger partial charge in [-0.3, -0.25) is 0 Å². The molecule has 160 valence electrons. The van der Waals surface area contributed by atoms with Gasteiger partial charge in [0.15, 0.2) is 11.4 Å². The largest absolute Gasteiger partial charge is 0.486 e. The molecule has 1 aromatic heterocycles. The van der Waals surface area contributed by atoms with E-state index in [1.54, 1.807) is 30.3 Å². The highest BCUT2D eigenvalue weighted by Crippen LogP contribution is 2.39. The van der Waals surface area contributed by atoms with E-state index in [2.05, 4.69) is 11.7 Å². The first kappa shape index (κ1) is 22.4. The quantitative estimate of drug-likeness (QED) is 0.365. The third kappa shape index (κ3) is 4.42. The van der Waals surface area contributed by atoms with Gasteiger partial charge >= 0.3 is 11.9 Å². The maximum atomic E-state index is 12.7. The van der Waals surface area contributed by atoms with Gasteiger partial charge in [0.25, 0.3) is 0 Å². The Balaban J connectivity index is 2.30. The average Bonchev–Trinajstić information content (AvgIpc) is 3.18. The number of nitrogens with zero attached hydrogens (tertiary/aromatic N) is 2. The monoisotopic (exact) mass is 460 g/mol. The van der Waals surface area contributed by atoms with Crippen molar-refractivity contribution in [3.63, 3.8) is 0 Å². The van der Waals surface area contributed by atoms with E-state index in [-0.39, 0.29) is 39.4 Å². The highest BCUT2D eigenvalue weighted by atomic mass is 35.5. The summed E-state index contributed by atoms with van der Waals surface area (Å²) in [5.41, 5.74) is 0.915. The molecular weight excluding hydrogens is 443 g/mol. The number of carbonyl (C=O) groups excluding carboxylic acids is 2. The second-order valence-electron chi connectivity index (χ2n) is 6.17. The molecule has 0 aliphatic carbocycles. The third-order valence-electron chi connectivity index (χ3n) is 4.27. The van der Waals surface area contributed by atoms with Gasteiger partial charge < -0.3 is 14.2 Å². The van der Waals surface area contributed by atoms with Crippen LogP contribution in [-0.2, 0) is 9.47 Å². The van der Waals surface area contributed by atoms with Crippen molar-refractivity contribution in [3.8, 4) is 22.7 Å². The number of esters is 2. The first-order valence-electron chi connectivity index (χ1n) is 9.01. The number of hydrogen-bond donors (Lipinski definition) is 0. The van der Waals surface area contributed by atoms with Crippen molar-refractivity contribution in [3.05, 3.63) is 76.4 Å². The maximum Gasteiger partial charge on any atom is 0.357 e. The van der Waals surface area contributed by atoms with Crippen molar-refractivity contribution in [1.82, 2.24) is 9.78 Å². The number of hydrogen-bond acceptors (Lipinski definition) is 6. The highest BCUT2D eigenvalue weighted by Gasteiger charge is 2.31. The Labute approximate surface area is 188 Å². The van der Waals surface area contributed by atoms with Gasteiger partial charge in [-0.15, -0.1) is 0 Å². The molecule has 0 amide bonds.